The van der Waals surface area contributed by atoms with Gasteiger partial charge < -0.3 is 9.47 Å². The number of hydrogen-bond acceptors (Lipinski definition) is 2. The zero-order valence-electron chi connectivity index (χ0n) is 9.64. The second-order valence-electron chi connectivity index (χ2n) is 4.34. The summed E-state index contributed by atoms with van der Waals surface area (Å²) in [5.41, 5.74) is 0.0954. The molecule has 0 radical (unpaired) electrons. The van der Waals surface area contributed by atoms with Gasteiger partial charge in [-0.25, -0.2) is 13.2 Å². The van der Waals surface area contributed by atoms with E-state index in [0.29, 0.717) is 13.0 Å². The Bertz CT molecular complexity index is 357. The lowest BCUT2D eigenvalue weighted by atomic mass is 10.0. The summed E-state index contributed by atoms with van der Waals surface area (Å²) in [6.45, 7) is 2.00. The number of rotatable bonds is 2. The van der Waals surface area contributed by atoms with Gasteiger partial charge in [-0.1, -0.05) is 0 Å². The van der Waals surface area contributed by atoms with Crippen LogP contribution in [0.25, 0.3) is 0 Å². The minimum absolute atomic E-state index is 0.0954. The van der Waals surface area contributed by atoms with Gasteiger partial charge >= 0.3 is 0 Å². The fraction of sp³-hybridized carbons (Fsp3) is 0.667. The van der Waals surface area contributed by atoms with E-state index in [4.69, 9.17) is 9.47 Å². The molecule has 2 rings (SSSR count). The molecule has 2 nitrogen and oxygen atoms in total. The molecule has 0 spiro atoms. The van der Waals surface area contributed by atoms with E-state index in [-0.39, 0.29) is 12.0 Å². The Morgan fingerprint density at radius 3 is 2.59 bits per heavy atom. The van der Waals surface area contributed by atoms with Crippen LogP contribution in [0.5, 0.6) is 0 Å². The lowest BCUT2D eigenvalue weighted by molar-refractivity contribution is -0.181. The molecule has 1 heterocycles. The molecule has 1 aliphatic heterocycles. The summed E-state index contributed by atoms with van der Waals surface area (Å²) < 4.78 is 50.2. The van der Waals surface area contributed by atoms with Crippen LogP contribution >= 0.6 is 0 Å². The van der Waals surface area contributed by atoms with Gasteiger partial charge in [0.1, 0.15) is 5.83 Å². The minimum atomic E-state index is -1.40. The molecular weight excluding hydrogens is 233 g/mol. The monoisotopic (exact) mass is 248 g/mol. The molecule has 0 saturated carbocycles. The Labute approximate surface area is 98.1 Å². The van der Waals surface area contributed by atoms with E-state index in [1.165, 1.54) is 6.92 Å². The van der Waals surface area contributed by atoms with Crippen LogP contribution in [0, 0.1) is 0 Å². The first-order chi connectivity index (χ1) is 8.09. The van der Waals surface area contributed by atoms with E-state index in [0.717, 1.165) is 12.8 Å². The Morgan fingerprint density at radius 2 is 1.94 bits per heavy atom. The maximum absolute atomic E-state index is 13.3. The number of allylic oxidation sites excluding steroid dienone is 2. The molecule has 1 saturated heterocycles. The molecule has 1 fully saturated rings. The van der Waals surface area contributed by atoms with Crippen LogP contribution in [0.2, 0.25) is 0 Å². The molecule has 1 aliphatic carbocycles. The normalized spacial score (nSPS) is 31.1. The van der Waals surface area contributed by atoms with E-state index in [1.54, 1.807) is 0 Å². The van der Waals surface area contributed by atoms with E-state index in [2.05, 4.69) is 0 Å². The highest BCUT2D eigenvalue weighted by atomic mass is 19.2. The summed E-state index contributed by atoms with van der Waals surface area (Å²) in [5.74, 6) is -3.63. The van der Waals surface area contributed by atoms with Crippen molar-refractivity contribution in [2.45, 2.75) is 45.0 Å². The van der Waals surface area contributed by atoms with Gasteiger partial charge in [0.15, 0.2) is 17.9 Å². The van der Waals surface area contributed by atoms with Crippen LogP contribution in [0.4, 0.5) is 13.2 Å². The zero-order chi connectivity index (χ0) is 12.4. The lowest BCUT2D eigenvalue weighted by Gasteiger charge is -2.29. The SMILES string of the molecule is CC1=C(F)C(F)=C(F)CC1OC1CCCCO1. The van der Waals surface area contributed by atoms with E-state index in [1.807, 2.05) is 0 Å². The molecule has 0 N–H and O–H groups in total. The highest BCUT2D eigenvalue weighted by Gasteiger charge is 2.31. The van der Waals surface area contributed by atoms with Crippen LogP contribution in [-0.4, -0.2) is 19.0 Å². The molecule has 96 valence electrons. The summed E-state index contributed by atoms with van der Waals surface area (Å²) in [4.78, 5) is 0. The third kappa shape index (κ3) is 2.72. The van der Waals surface area contributed by atoms with Crippen LogP contribution < -0.4 is 0 Å². The Morgan fingerprint density at radius 1 is 1.18 bits per heavy atom. The summed E-state index contributed by atoms with van der Waals surface area (Å²) in [7, 11) is 0. The van der Waals surface area contributed by atoms with Gasteiger partial charge in [-0.15, -0.1) is 0 Å². The van der Waals surface area contributed by atoms with Crippen molar-refractivity contribution < 1.29 is 22.6 Å². The van der Waals surface area contributed by atoms with Gasteiger partial charge in [-0.3, -0.25) is 0 Å². The third-order valence-electron chi connectivity index (χ3n) is 3.08. The molecule has 2 atom stereocenters. The average Bonchev–Trinajstić information content (AvgIpc) is 2.35. The lowest BCUT2D eigenvalue weighted by Crippen LogP contribution is -2.30. The van der Waals surface area contributed by atoms with E-state index in [9.17, 15) is 13.2 Å². The number of halogens is 3. The molecular formula is C12H15F3O2. The predicted octanol–water partition coefficient (Wildman–Crippen LogP) is 3.70. The molecule has 0 bridgehead atoms. The molecule has 5 heteroatoms. The Kier molecular flexibility index (Phi) is 3.89. The van der Waals surface area contributed by atoms with Gasteiger partial charge in [-0.2, -0.15) is 0 Å². The average molecular weight is 248 g/mol. The van der Waals surface area contributed by atoms with Crippen molar-refractivity contribution in [1.82, 2.24) is 0 Å². The summed E-state index contributed by atoms with van der Waals surface area (Å²) in [6, 6.07) is 0. The van der Waals surface area contributed by atoms with Crippen molar-refractivity contribution >= 4 is 0 Å². The summed E-state index contributed by atoms with van der Waals surface area (Å²) in [5, 5.41) is 0. The molecule has 0 aromatic carbocycles. The van der Waals surface area contributed by atoms with Crippen molar-refractivity contribution in [1.29, 1.82) is 0 Å². The molecule has 17 heavy (non-hydrogen) atoms. The van der Waals surface area contributed by atoms with Gasteiger partial charge in [0.2, 0.25) is 0 Å². The van der Waals surface area contributed by atoms with E-state index < -0.39 is 29.9 Å². The summed E-state index contributed by atoms with van der Waals surface area (Å²) >= 11 is 0. The second-order valence-corrected chi connectivity index (χ2v) is 4.34. The van der Waals surface area contributed by atoms with Crippen molar-refractivity contribution in [3.8, 4) is 0 Å². The summed E-state index contributed by atoms with van der Waals surface area (Å²) in [6.07, 6.45) is 1.18. The Hall–Kier alpha value is -0.810. The molecule has 0 amide bonds. The maximum atomic E-state index is 13.3. The Balaban J connectivity index is 2.03. The van der Waals surface area contributed by atoms with Crippen molar-refractivity contribution in [3.05, 3.63) is 23.1 Å². The van der Waals surface area contributed by atoms with Crippen molar-refractivity contribution in [2.24, 2.45) is 0 Å². The maximum Gasteiger partial charge on any atom is 0.190 e. The van der Waals surface area contributed by atoms with Crippen LogP contribution in [0.3, 0.4) is 0 Å². The first-order valence-corrected chi connectivity index (χ1v) is 5.77. The highest BCUT2D eigenvalue weighted by Crippen LogP contribution is 2.35. The van der Waals surface area contributed by atoms with Crippen LogP contribution in [0.1, 0.15) is 32.6 Å². The van der Waals surface area contributed by atoms with Gasteiger partial charge in [0.25, 0.3) is 0 Å². The first-order valence-electron chi connectivity index (χ1n) is 5.77. The number of ether oxygens (including phenoxy) is 2. The molecule has 2 aliphatic rings. The van der Waals surface area contributed by atoms with E-state index >= 15 is 0 Å². The van der Waals surface area contributed by atoms with Crippen molar-refractivity contribution in [3.63, 3.8) is 0 Å². The third-order valence-corrected chi connectivity index (χ3v) is 3.08. The van der Waals surface area contributed by atoms with Gasteiger partial charge in [0.05, 0.1) is 6.10 Å². The molecule has 0 aromatic rings. The molecule has 0 aromatic heterocycles. The number of hydrogen-bond donors (Lipinski definition) is 0. The molecule has 2 unspecified atom stereocenters. The first kappa shape index (κ1) is 12.6. The van der Waals surface area contributed by atoms with Crippen molar-refractivity contribution in [2.75, 3.05) is 6.61 Å². The minimum Gasteiger partial charge on any atom is -0.353 e. The quantitative estimate of drug-likeness (QED) is 0.741. The standard InChI is InChI=1S/C12H15F3O2/c1-7-9(6-8(13)12(15)11(7)14)17-10-4-2-3-5-16-10/h9-10H,2-6H2,1H3. The zero-order valence-corrected chi connectivity index (χ0v) is 9.64. The smallest absolute Gasteiger partial charge is 0.190 e. The van der Waals surface area contributed by atoms with Crippen LogP contribution in [0.15, 0.2) is 23.1 Å². The fourth-order valence-electron chi connectivity index (χ4n) is 1.99. The fourth-order valence-corrected chi connectivity index (χ4v) is 1.99. The highest BCUT2D eigenvalue weighted by molar-refractivity contribution is 5.33. The predicted molar refractivity (Wildman–Crippen MR) is 56.1 cm³/mol. The van der Waals surface area contributed by atoms with Gasteiger partial charge in [0, 0.05) is 13.0 Å². The largest absolute Gasteiger partial charge is 0.353 e. The van der Waals surface area contributed by atoms with Crippen LogP contribution in [-0.2, 0) is 9.47 Å². The van der Waals surface area contributed by atoms with Gasteiger partial charge in [-0.05, 0) is 31.8 Å². The topological polar surface area (TPSA) is 18.5 Å². The second kappa shape index (κ2) is 5.23.